The second-order valence-electron chi connectivity index (χ2n) is 7.18. The Bertz CT molecular complexity index is 987. The Kier molecular flexibility index (Phi) is 6.27. The Labute approximate surface area is 178 Å². The molecule has 2 N–H and O–H groups in total. The molecule has 1 fully saturated rings. The first kappa shape index (κ1) is 20.1. The summed E-state index contributed by atoms with van der Waals surface area (Å²) in [5.41, 5.74) is 9.79. The first-order valence-electron chi connectivity index (χ1n) is 9.75. The van der Waals surface area contributed by atoms with Crippen LogP contribution in [-0.2, 0) is 17.8 Å². The van der Waals surface area contributed by atoms with Crippen molar-refractivity contribution in [1.82, 2.24) is 24.4 Å². The molecule has 1 saturated heterocycles. The number of ether oxygens (including phenoxy) is 2. The monoisotopic (exact) mass is 460 g/mol. The lowest BCUT2D eigenvalue weighted by atomic mass is 10.1. The number of aromatic nitrogens is 4. The number of rotatable bonds is 8. The number of hydrogen-bond donors (Lipinski definition) is 1. The quantitative estimate of drug-likeness (QED) is 0.408. The third kappa shape index (κ3) is 4.68. The summed E-state index contributed by atoms with van der Waals surface area (Å²) in [5, 5.41) is 0. The van der Waals surface area contributed by atoms with Crippen LogP contribution in [0, 0.1) is 0 Å². The first-order chi connectivity index (χ1) is 14.1. The number of methoxy groups -OCH3 is 1. The number of fused-ring (bicyclic) bond motifs is 1. The van der Waals surface area contributed by atoms with Crippen LogP contribution in [0.3, 0.4) is 0 Å². The molecule has 9 heteroatoms. The van der Waals surface area contributed by atoms with Crippen LogP contribution in [0.4, 0.5) is 5.82 Å². The Morgan fingerprint density at radius 2 is 1.83 bits per heavy atom. The van der Waals surface area contributed by atoms with E-state index in [-0.39, 0.29) is 6.01 Å². The minimum Gasteiger partial charge on any atom is -0.461 e. The molecular formula is C20H25BrN6O2. The molecule has 0 radical (unpaired) electrons. The van der Waals surface area contributed by atoms with Crippen LogP contribution in [-0.4, -0.2) is 57.8 Å². The summed E-state index contributed by atoms with van der Waals surface area (Å²) in [6.07, 6.45) is 2.59. The van der Waals surface area contributed by atoms with Gasteiger partial charge in [-0.3, -0.25) is 9.47 Å². The van der Waals surface area contributed by atoms with E-state index in [9.17, 15) is 0 Å². The van der Waals surface area contributed by atoms with E-state index in [0.29, 0.717) is 41.5 Å². The Morgan fingerprint density at radius 3 is 2.59 bits per heavy atom. The number of halogens is 1. The standard InChI is InChI=1S/C20H25BrN6O2/c1-28-9-10-29-20-24-17(22)16-18(25-20)27(19(21)23-16)13-15-6-4-5-14(11-15)12-26-7-2-3-8-26/h4-6,11H,2-3,7-10,12-13H2,1H3,(H2,22,24,25). The molecule has 8 nitrogen and oxygen atoms in total. The van der Waals surface area contributed by atoms with Gasteiger partial charge in [0.15, 0.2) is 21.7 Å². The molecule has 0 unspecified atom stereocenters. The Balaban J connectivity index is 1.59. The van der Waals surface area contributed by atoms with Gasteiger partial charge in [0.2, 0.25) is 0 Å². The van der Waals surface area contributed by atoms with Gasteiger partial charge in [0.05, 0.1) is 13.2 Å². The molecule has 1 aliphatic rings. The fourth-order valence-corrected chi connectivity index (χ4v) is 4.07. The number of benzene rings is 1. The highest BCUT2D eigenvalue weighted by Crippen LogP contribution is 2.25. The van der Waals surface area contributed by atoms with Crippen molar-refractivity contribution in [3.05, 3.63) is 40.1 Å². The number of imidazole rings is 1. The predicted molar refractivity (Wildman–Crippen MR) is 115 cm³/mol. The summed E-state index contributed by atoms with van der Waals surface area (Å²) in [4.78, 5) is 15.7. The smallest absolute Gasteiger partial charge is 0.320 e. The third-order valence-corrected chi connectivity index (χ3v) is 5.62. The van der Waals surface area contributed by atoms with Gasteiger partial charge in [-0.2, -0.15) is 9.97 Å². The van der Waals surface area contributed by atoms with Crippen LogP contribution in [0.1, 0.15) is 24.0 Å². The van der Waals surface area contributed by atoms with E-state index in [4.69, 9.17) is 15.2 Å². The SMILES string of the molecule is COCCOc1nc(N)c2nc(Br)n(Cc3cccc(CN4CCCC4)c3)c2n1. The Hall–Kier alpha value is -2.23. The summed E-state index contributed by atoms with van der Waals surface area (Å²) in [5.74, 6) is 0.296. The van der Waals surface area contributed by atoms with Gasteiger partial charge in [-0.15, -0.1) is 0 Å². The summed E-state index contributed by atoms with van der Waals surface area (Å²) >= 11 is 3.54. The van der Waals surface area contributed by atoms with Crippen molar-refractivity contribution in [2.75, 3.05) is 39.1 Å². The number of nitrogens with two attached hydrogens (primary N) is 1. The number of likely N-dealkylation sites (tertiary alicyclic amines) is 1. The van der Waals surface area contributed by atoms with Gasteiger partial charge in [0, 0.05) is 13.7 Å². The third-order valence-electron chi connectivity index (χ3n) is 5.01. The van der Waals surface area contributed by atoms with Crippen molar-refractivity contribution >= 4 is 32.9 Å². The molecule has 29 heavy (non-hydrogen) atoms. The van der Waals surface area contributed by atoms with E-state index in [2.05, 4.69) is 60.0 Å². The topological polar surface area (TPSA) is 91.3 Å². The van der Waals surface area contributed by atoms with Gasteiger partial charge >= 0.3 is 6.01 Å². The maximum Gasteiger partial charge on any atom is 0.320 e. The summed E-state index contributed by atoms with van der Waals surface area (Å²) in [6.45, 7) is 4.79. The molecule has 0 atom stereocenters. The second kappa shape index (κ2) is 9.06. The number of anilines is 1. The molecule has 0 amide bonds. The van der Waals surface area contributed by atoms with Gasteiger partial charge in [-0.1, -0.05) is 24.3 Å². The molecule has 1 aromatic carbocycles. The molecule has 3 aromatic rings. The van der Waals surface area contributed by atoms with Gasteiger partial charge < -0.3 is 15.2 Å². The van der Waals surface area contributed by atoms with E-state index >= 15 is 0 Å². The van der Waals surface area contributed by atoms with Gasteiger partial charge in [0.1, 0.15) is 6.61 Å². The molecule has 0 saturated carbocycles. The molecule has 0 bridgehead atoms. The predicted octanol–water partition coefficient (Wildman–Crippen LogP) is 2.84. The highest BCUT2D eigenvalue weighted by molar-refractivity contribution is 9.10. The lowest BCUT2D eigenvalue weighted by Gasteiger charge is -2.15. The molecule has 4 rings (SSSR count). The van der Waals surface area contributed by atoms with E-state index in [1.165, 1.54) is 37.1 Å². The fourth-order valence-electron chi connectivity index (χ4n) is 3.60. The zero-order chi connectivity index (χ0) is 20.2. The first-order valence-corrected chi connectivity index (χ1v) is 10.5. The van der Waals surface area contributed by atoms with Crippen molar-refractivity contribution in [2.24, 2.45) is 0 Å². The van der Waals surface area contributed by atoms with E-state index in [0.717, 1.165) is 6.54 Å². The summed E-state index contributed by atoms with van der Waals surface area (Å²) in [7, 11) is 1.62. The molecule has 154 valence electrons. The lowest BCUT2D eigenvalue weighted by Crippen LogP contribution is -2.18. The van der Waals surface area contributed by atoms with Crippen molar-refractivity contribution in [1.29, 1.82) is 0 Å². The van der Waals surface area contributed by atoms with Gasteiger partial charge in [-0.05, 0) is 53.0 Å². The summed E-state index contributed by atoms with van der Waals surface area (Å²) in [6, 6.07) is 8.88. The van der Waals surface area contributed by atoms with Crippen LogP contribution in [0.2, 0.25) is 0 Å². The number of nitrogen functional groups attached to an aromatic ring is 1. The van der Waals surface area contributed by atoms with Crippen molar-refractivity contribution < 1.29 is 9.47 Å². The molecule has 0 spiro atoms. The number of hydrogen-bond acceptors (Lipinski definition) is 7. The minimum absolute atomic E-state index is 0.225. The normalized spacial score (nSPS) is 14.7. The largest absolute Gasteiger partial charge is 0.461 e. The van der Waals surface area contributed by atoms with Crippen molar-refractivity contribution in [3.63, 3.8) is 0 Å². The van der Waals surface area contributed by atoms with Crippen molar-refractivity contribution in [3.8, 4) is 6.01 Å². The minimum atomic E-state index is 0.225. The van der Waals surface area contributed by atoms with Gasteiger partial charge in [0.25, 0.3) is 0 Å². The molecule has 0 aliphatic carbocycles. The average Bonchev–Trinajstić information content (AvgIpc) is 3.32. The second-order valence-corrected chi connectivity index (χ2v) is 7.88. The highest BCUT2D eigenvalue weighted by Gasteiger charge is 2.17. The zero-order valence-corrected chi connectivity index (χ0v) is 18.1. The van der Waals surface area contributed by atoms with Crippen LogP contribution in [0.15, 0.2) is 29.0 Å². The van der Waals surface area contributed by atoms with Crippen LogP contribution in [0.25, 0.3) is 11.2 Å². The maximum atomic E-state index is 6.09. The average molecular weight is 461 g/mol. The Morgan fingerprint density at radius 1 is 1.07 bits per heavy atom. The van der Waals surface area contributed by atoms with E-state index in [1.54, 1.807) is 7.11 Å². The molecule has 1 aliphatic heterocycles. The van der Waals surface area contributed by atoms with Crippen LogP contribution in [0.5, 0.6) is 6.01 Å². The van der Waals surface area contributed by atoms with Crippen molar-refractivity contribution in [2.45, 2.75) is 25.9 Å². The summed E-state index contributed by atoms with van der Waals surface area (Å²) < 4.78 is 13.2. The van der Waals surface area contributed by atoms with E-state index in [1.807, 2.05) is 4.57 Å². The highest BCUT2D eigenvalue weighted by atomic mass is 79.9. The fraction of sp³-hybridized carbons (Fsp3) is 0.450. The molecule has 2 aromatic heterocycles. The maximum absolute atomic E-state index is 6.09. The molecular weight excluding hydrogens is 436 g/mol. The number of nitrogens with zero attached hydrogens (tertiary/aromatic N) is 5. The molecule has 3 heterocycles. The zero-order valence-electron chi connectivity index (χ0n) is 16.5. The van der Waals surface area contributed by atoms with Gasteiger partial charge in [-0.25, -0.2) is 4.98 Å². The van der Waals surface area contributed by atoms with Crippen LogP contribution >= 0.6 is 15.9 Å². The lowest BCUT2D eigenvalue weighted by molar-refractivity contribution is 0.141. The van der Waals surface area contributed by atoms with E-state index < -0.39 is 0 Å². The van der Waals surface area contributed by atoms with Crippen LogP contribution < -0.4 is 10.5 Å².